The van der Waals surface area contributed by atoms with Gasteiger partial charge < -0.3 is 19.3 Å². The Kier molecular flexibility index (Phi) is 7.06. The van der Waals surface area contributed by atoms with Crippen LogP contribution in [0, 0.1) is 5.92 Å². The molecule has 1 amide bonds. The summed E-state index contributed by atoms with van der Waals surface area (Å²) in [5.41, 5.74) is 1.67. The van der Waals surface area contributed by atoms with E-state index in [1.165, 1.54) is 6.92 Å². The first-order valence-electron chi connectivity index (χ1n) is 13.1. The smallest absolute Gasteiger partial charge is 0.308 e. The van der Waals surface area contributed by atoms with Gasteiger partial charge in [-0.1, -0.05) is 42.5 Å². The first-order valence-corrected chi connectivity index (χ1v) is 13.1. The van der Waals surface area contributed by atoms with Crippen molar-refractivity contribution in [1.82, 2.24) is 9.80 Å². The van der Waals surface area contributed by atoms with E-state index in [-0.39, 0.29) is 35.4 Å². The Hall–Kier alpha value is -3.22. The summed E-state index contributed by atoms with van der Waals surface area (Å²) in [6.45, 7) is 3.30. The van der Waals surface area contributed by atoms with Gasteiger partial charge >= 0.3 is 5.97 Å². The van der Waals surface area contributed by atoms with Crippen LogP contribution in [0.1, 0.15) is 42.1 Å². The summed E-state index contributed by atoms with van der Waals surface area (Å²) in [5, 5.41) is 2.19. The Morgan fingerprint density at radius 2 is 1.81 bits per heavy atom. The number of fused-ring (bicyclic) bond motifs is 2. The molecule has 1 heterocycles. The third-order valence-corrected chi connectivity index (χ3v) is 8.55. The van der Waals surface area contributed by atoms with Crippen molar-refractivity contribution in [3.05, 3.63) is 77.9 Å². The van der Waals surface area contributed by atoms with Crippen LogP contribution < -0.4 is 4.74 Å². The molecule has 2 aliphatic rings. The fourth-order valence-electron chi connectivity index (χ4n) is 6.60. The van der Waals surface area contributed by atoms with Crippen molar-refractivity contribution in [2.24, 2.45) is 5.92 Å². The molecule has 2 fully saturated rings. The van der Waals surface area contributed by atoms with E-state index in [0.29, 0.717) is 11.3 Å². The molecule has 0 aromatic heterocycles. The van der Waals surface area contributed by atoms with Crippen LogP contribution in [0.3, 0.4) is 0 Å². The molecule has 4 atom stereocenters. The molecule has 6 heteroatoms. The number of rotatable bonds is 5. The van der Waals surface area contributed by atoms with Crippen LogP contribution in [0.4, 0.5) is 0 Å². The number of benzene rings is 3. The maximum Gasteiger partial charge on any atom is 0.308 e. The van der Waals surface area contributed by atoms with E-state index in [1.807, 2.05) is 66.5 Å². The summed E-state index contributed by atoms with van der Waals surface area (Å²) in [5.74, 6) is 0.533. The summed E-state index contributed by atoms with van der Waals surface area (Å²) >= 11 is 0. The monoisotopic (exact) mass is 500 g/mol. The molecule has 0 radical (unpaired) electrons. The summed E-state index contributed by atoms with van der Waals surface area (Å²) in [6, 6.07) is 22.0. The highest BCUT2D eigenvalue weighted by atomic mass is 16.5. The van der Waals surface area contributed by atoms with Gasteiger partial charge in [0.25, 0.3) is 5.91 Å². The van der Waals surface area contributed by atoms with Crippen LogP contribution in [0.2, 0.25) is 0 Å². The number of nitrogens with zero attached hydrogens (tertiary/aromatic N) is 2. The number of hydrogen-bond acceptors (Lipinski definition) is 5. The van der Waals surface area contributed by atoms with E-state index in [2.05, 4.69) is 24.1 Å². The fraction of sp³-hybridized carbons (Fsp3) is 0.419. The summed E-state index contributed by atoms with van der Waals surface area (Å²) in [7, 11) is 5.87. The predicted molar refractivity (Wildman–Crippen MR) is 145 cm³/mol. The summed E-state index contributed by atoms with van der Waals surface area (Å²) < 4.78 is 11.6. The number of likely N-dealkylation sites (tertiary alicyclic amines) is 1. The van der Waals surface area contributed by atoms with Gasteiger partial charge in [0, 0.05) is 50.6 Å². The van der Waals surface area contributed by atoms with Crippen LogP contribution in [0.5, 0.6) is 5.75 Å². The first kappa shape index (κ1) is 25.4. The van der Waals surface area contributed by atoms with Gasteiger partial charge in [-0.3, -0.25) is 9.59 Å². The average molecular weight is 501 g/mol. The van der Waals surface area contributed by atoms with Crippen LogP contribution in [0.15, 0.2) is 66.7 Å². The zero-order chi connectivity index (χ0) is 26.2. The van der Waals surface area contributed by atoms with Crippen molar-refractivity contribution in [2.75, 3.05) is 34.3 Å². The Morgan fingerprint density at radius 1 is 1.03 bits per heavy atom. The molecular weight excluding hydrogens is 464 g/mol. The van der Waals surface area contributed by atoms with E-state index in [4.69, 9.17) is 9.47 Å². The lowest BCUT2D eigenvalue weighted by Crippen LogP contribution is -2.61. The van der Waals surface area contributed by atoms with Crippen LogP contribution in [0.25, 0.3) is 10.8 Å². The van der Waals surface area contributed by atoms with Crippen LogP contribution >= 0.6 is 0 Å². The molecule has 1 aliphatic carbocycles. The highest BCUT2D eigenvalue weighted by Gasteiger charge is 2.53. The standard InChI is InChI=1S/C31H36N2O4/c1-21(34)37-27-11-7-10-25(17-27)31-14-15-32(2)20-28(31)29(36-4)18-26(19-31)33(3)30(35)24-13-12-22-8-5-6-9-23(22)16-24/h5-13,16-17,26,28-29H,14-15,18-20H2,1-4H3/t26-,28-,29?,31-/m0/s1. The quantitative estimate of drug-likeness (QED) is 0.368. The third kappa shape index (κ3) is 4.88. The van der Waals surface area contributed by atoms with E-state index in [9.17, 15) is 9.59 Å². The third-order valence-electron chi connectivity index (χ3n) is 8.55. The Balaban J connectivity index is 1.50. The molecule has 1 saturated carbocycles. The van der Waals surface area contributed by atoms with E-state index >= 15 is 0 Å². The highest BCUT2D eigenvalue weighted by molar-refractivity contribution is 5.98. The van der Waals surface area contributed by atoms with Crippen LogP contribution in [-0.2, 0) is 14.9 Å². The van der Waals surface area contributed by atoms with Crippen molar-refractivity contribution in [2.45, 2.75) is 43.7 Å². The highest BCUT2D eigenvalue weighted by Crippen LogP contribution is 2.51. The maximum atomic E-state index is 13.7. The van der Waals surface area contributed by atoms with Gasteiger partial charge in [-0.15, -0.1) is 0 Å². The zero-order valence-corrected chi connectivity index (χ0v) is 22.1. The lowest BCUT2D eigenvalue weighted by atomic mass is 9.56. The maximum absolute atomic E-state index is 13.7. The van der Waals surface area contributed by atoms with Gasteiger partial charge in [-0.2, -0.15) is 0 Å². The lowest BCUT2D eigenvalue weighted by molar-refractivity contribution is -0.131. The van der Waals surface area contributed by atoms with Crippen molar-refractivity contribution in [1.29, 1.82) is 0 Å². The topological polar surface area (TPSA) is 59.1 Å². The van der Waals surface area contributed by atoms with Gasteiger partial charge in [-0.25, -0.2) is 0 Å². The molecule has 37 heavy (non-hydrogen) atoms. The second-order valence-corrected chi connectivity index (χ2v) is 10.7. The number of hydrogen-bond donors (Lipinski definition) is 0. The van der Waals surface area contributed by atoms with Gasteiger partial charge in [0.1, 0.15) is 5.75 Å². The Bertz CT molecular complexity index is 1310. The SMILES string of the molecule is COC1C[C@H](N(C)C(=O)c2ccc3ccccc3c2)C[C@]2(c3cccc(OC(C)=O)c3)CCN(C)C[C@@H]12. The number of carbonyl (C=O) groups excluding carboxylic acids is 2. The van der Waals surface area contributed by atoms with Crippen molar-refractivity contribution < 1.29 is 19.1 Å². The summed E-state index contributed by atoms with van der Waals surface area (Å²) in [4.78, 5) is 29.7. The predicted octanol–water partition coefficient (Wildman–Crippen LogP) is 4.90. The minimum Gasteiger partial charge on any atom is -0.427 e. The molecule has 1 saturated heterocycles. The largest absolute Gasteiger partial charge is 0.427 e. The number of methoxy groups -OCH3 is 1. The van der Waals surface area contributed by atoms with E-state index < -0.39 is 0 Å². The van der Waals surface area contributed by atoms with E-state index in [1.54, 1.807) is 7.11 Å². The van der Waals surface area contributed by atoms with Gasteiger partial charge in [0.15, 0.2) is 0 Å². The molecule has 1 aliphatic heterocycles. The molecule has 5 rings (SSSR count). The average Bonchev–Trinajstić information content (AvgIpc) is 2.91. The molecule has 0 N–H and O–H groups in total. The lowest BCUT2D eigenvalue weighted by Gasteiger charge is -2.56. The van der Waals surface area contributed by atoms with Crippen LogP contribution in [-0.4, -0.2) is 68.1 Å². The first-order chi connectivity index (χ1) is 17.8. The number of amides is 1. The minimum atomic E-state index is -0.327. The van der Waals surface area contributed by atoms with Crippen molar-refractivity contribution in [3.63, 3.8) is 0 Å². The van der Waals surface area contributed by atoms with Gasteiger partial charge in [0.2, 0.25) is 0 Å². The Morgan fingerprint density at radius 3 is 2.57 bits per heavy atom. The van der Waals surface area contributed by atoms with Gasteiger partial charge in [0.05, 0.1) is 6.10 Å². The second kappa shape index (κ2) is 10.3. The molecular formula is C31H36N2O4. The molecule has 6 nitrogen and oxygen atoms in total. The Labute approximate surface area is 219 Å². The molecule has 194 valence electrons. The van der Waals surface area contributed by atoms with Crippen molar-refractivity contribution >= 4 is 22.6 Å². The summed E-state index contributed by atoms with van der Waals surface area (Å²) in [6.07, 6.45) is 2.58. The molecule has 3 aromatic rings. The number of carbonyl (C=O) groups is 2. The zero-order valence-electron chi connectivity index (χ0n) is 22.1. The molecule has 0 spiro atoms. The normalized spacial score (nSPS) is 25.9. The molecule has 0 bridgehead atoms. The number of ether oxygens (including phenoxy) is 2. The molecule has 3 aromatic carbocycles. The minimum absolute atomic E-state index is 0.00531. The fourth-order valence-corrected chi connectivity index (χ4v) is 6.60. The second-order valence-electron chi connectivity index (χ2n) is 10.7. The molecule has 1 unspecified atom stereocenters. The number of esters is 1. The van der Waals surface area contributed by atoms with Gasteiger partial charge in [-0.05, 0) is 73.5 Å². The number of piperidine rings is 1. The van der Waals surface area contributed by atoms with Crippen molar-refractivity contribution in [3.8, 4) is 5.75 Å². The van der Waals surface area contributed by atoms with E-state index in [0.717, 1.165) is 48.7 Å².